The molecule has 112 heavy (non-hydrogen) atoms. The summed E-state index contributed by atoms with van der Waals surface area (Å²) in [6.07, 6.45) is 3.66. The summed E-state index contributed by atoms with van der Waals surface area (Å²) in [5, 5.41) is 0.534. The van der Waals surface area contributed by atoms with E-state index in [9.17, 15) is 0 Å². The Balaban J connectivity index is 0.000000183. The molecule has 0 unspecified atom stereocenters. The topological polar surface area (TPSA) is 88.5 Å². The molecule has 0 spiro atoms. The fourth-order valence-corrected chi connectivity index (χ4v) is 14.1. The van der Waals surface area contributed by atoms with Crippen LogP contribution in [0.25, 0.3) is 101 Å². The minimum Gasteiger partial charge on any atom is -0.496 e. The van der Waals surface area contributed by atoms with Crippen LogP contribution in [0.5, 0.6) is 11.5 Å². The van der Waals surface area contributed by atoms with E-state index in [1.807, 2.05) is 54.7 Å². The number of nitrogens with zero attached hydrogens (tertiary/aromatic N) is 4. The molecule has 5 heterocycles. The fraction of sp³-hybridized carbons (Fsp3) is 0.333. The van der Waals surface area contributed by atoms with Gasteiger partial charge in [0.15, 0.2) is 0 Å². The molecule has 1 saturated heterocycles. The highest BCUT2D eigenvalue weighted by molar-refractivity contribution is 6.62. The molecule has 0 amide bonds. The Labute approximate surface area is 675 Å². The zero-order valence-corrected chi connectivity index (χ0v) is 72.1. The summed E-state index contributed by atoms with van der Waals surface area (Å²) in [5.74, 6) is 1.59. The van der Waals surface area contributed by atoms with Gasteiger partial charge in [-0.05, 0) is 253 Å². The summed E-state index contributed by atoms with van der Waals surface area (Å²) in [4.78, 5) is 19.4. The van der Waals surface area contributed by atoms with Gasteiger partial charge in [-0.1, -0.05) is 276 Å². The molecular weight excluding hydrogens is 1390 g/mol. The van der Waals surface area contributed by atoms with E-state index in [2.05, 4.69) is 341 Å². The molecule has 1 fully saturated rings. The van der Waals surface area contributed by atoms with Crippen LogP contribution >= 0.6 is 11.6 Å². The summed E-state index contributed by atoms with van der Waals surface area (Å²) in [5.41, 5.74) is 29.7. The first-order chi connectivity index (χ1) is 52.4. The largest absolute Gasteiger partial charge is 0.496 e. The van der Waals surface area contributed by atoms with Gasteiger partial charge >= 0.3 is 7.12 Å². The molecule has 0 bridgehead atoms. The predicted molar refractivity (Wildman–Crippen MR) is 475 cm³/mol. The molecule has 1 aliphatic heterocycles. The van der Waals surface area contributed by atoms with Crippen LogP contribution in [0.1, 0.15) is 197 Å². The van der Waals surface area contributed by atoms with Crippen molar-refractivity contribution in [3.63, 3.8) is 0 Å². The monoisotopic (exact) mass is 1510 g/mol. The van der Waals surface area contributed by atoms with Crippen LogP contribution in [0.4, 0.5) is 0 Å². The maximum atomic E-state index is 6.39. The Hall–Kier alpha value is -9.77. The van der Waals surface area contributed by atoms with E-state index in [-0.39, 0.29) is 32.5 Å². The highest BCUT2D eigenvalue weighted by Gasteiger charge is 2.52. The lowest BCUT2D eigenvalue weighted by Crippen LogP contribution is -2.41. The number of ether oxygens (including phenoxy) is 2. The van der Waals surface area contributed by atoms with Gasteiger partial charge in [0.05, 0.1) is 53.9 Å². The van der Waals surface area contributed by atoms with E-state index in [1.165, 1.54) is 66.8 Å². The van der Waals surface area contributed by atoms with Crippen LogP contribution in [0.3, 0.4) is 0 Å². The van der Waals surface area contributed by atoms with Gasteiger partial charge in [0.1, 0.15) is 16.7 Å². The number of aromatic nitrogens is 4. The number of methoxy groups -OCH3 is 2. The van der Waals surface area contributed by atoms with E-state index in [0.29, 0.717) is 5.15 Å². The van der Waals surface area contributed by atoms with Gasteiger partial charge < -0.3 is 18.8 Å². The smallest absolute Gasteiger partial charge is 0.494 e. The van der Waals surface area contributed by atoms with Crippen LogP contribution in [0.2, 0.25) is 5.15 Å². The Bertz CT molecular complexity index is 5320. The molecule has 10 heteroatoms. The van der Waals surface area contributed by atoms with Crippen LogP contribution in [-0.2, 0) is 41.8 Å². The molecule has 0 N–H and O–H groups in total. The number of pyridine rings is 4. The van der Waals surface area contributed by atoms with Gasteiger partial charge in [-0.15, -0.1) is 0 Å². The molecule has 12 aromatic rings. The zero-order chi connectivity index (χ0) is 81.4. The van der Waals surface area contributed by atoms with Crippen molar-refractivity contribution in [2.75, 3.05) is 14.2 Å². The highest BCUT2D eigenvalue weighted by Crippen LogP contribution is 2.44. The van der Waals surface area contributed by atoms with Gasteiger partial charge in [0.2, 0.25) is 0 Å². The van der Waals surface area contributed by atoms with Gasteiger partial charge in [-0.3, -0.25) is 4.98 Å². The first-order valence-electron chi connectivity index (χ1n) is 39.4. The quantitative estimate of drug-likeness (QED) is 0.0883. The van der Waals surface area contributed by atoms with Crippen LogP contribution in [0.15, 0.2) is 231 Å². The van der Waals surface area contributed by atoms with E-state index in [4.69, 9.17) is 45.3 Å². The Morgan fingerprint density at radius 2 is 0.652 bits per heavy atom. The minimum atomic E-state index is -0.445. The minimum absolute atomic E-state index is 0.000386. The second-order valence-corrected chi connectivity index (χ2v) is 37.8. The van der Waals surface area contributed by atoms with Crippen LogP contribution in [0, 0.1) is 13.8 Å². The standard InChI is InChI=1S/C48H52N2O.C38H46BNO3.C16H18ClN/c1-31-23-37(46(2,3)4)19-20-40(31)32-21-22-49-42(27-32)33-15-14-16-34(24-33)43-28-36(29-44(50-43)41-17-12-13-18-45(41)51-11)35-25-38(47(5,6)7)30-39(26-35)48(8,9)10;1-35(2,3)28-19-26(20-29(24-28)36(4,5)6)27-22-32(40-33(23-27)31-17-12-13-18-34(31)41-11)25-15-14-16-30(21-25)39-42-37(7,8)38(9,10)43-39;1-11-9-13(16(2,3)4)5-6-14(11)12-7-8-18-15(17)10-12/h12-30H,1-11H3;12-24H,1-11H3;5-10H,1-4H3. The summed E-state index contributed by atoms with van der Waals surface area (Å²) < 4.78 is 24.4. The third-order valence-electron chi connectivity index (χ3n) is 21.9. The highest BCUT2D eigenvalue weighted by atomic mass is 35.5. The zero-order valence-electron chi connectivity index (χ0n) is 71.3. The summed E-state index contributed by atoms with van der Waals surface area (Å²) >= 11 is 5.94. The number of halogens is 1. The summed E-state index contributed by atoms with van der Waals surface area (Å²) in [6, 6.07) is 77.8. The van der Waals surface area contributed by atoms with Gasteiger partial charge in [0, 0.05) is 34.6 Å². The van der Waals surface area contributed by atoms with Gasteiger partial charge in [0.25, 0.3) is 0 Å². The Morgan fingerprint density at radius 3 is 1.04 bits per heavy atom. The normalized spacial score (nSPS) is 13.7. The first-order valence-corrected chi connectivity index (χ1v) is 39.8. The fourth-order valence-electron chi connectivity index (χ4n) is 13.9. The average molecular weight is 1510 g/mol. The van der Waals surface area contributed by atoms with Crippen molar-refractivity contribution in [1.29, 1.82) is 0 Å². The molecule has 8 nitrogen and oxygen atoms in total. The predicted octanol–water partition coefficient (Wildman–Crippen LogP) is 27.0. The van der Waals surface area contributed by atoms with E-state index < -0.39 is 18.3 Å². The second kappa shape index (κ2) is 32.4. The third-order valence-corrected chi connectivity index (χ3v) is 22.1. The van der Waals surface area contributed by atoms with Crippen molar-refractivity contribution >= 4 is 24.2 Å². The molecule has 8 aromatic carbocycles. The third kappa shape index (κ3) is 19.5. The molecule has 1 aliphatic rings. The molecule has 13 rings (SSSR count). The molecular formula is C102H116BClN4O4. The number of rotatable bonds is 12. The maximum absolute atomic E-state index is 6.39. The van der Waals surface area contributed by atoms with Crippen molar-refractivity contribution in [3.05, 3.63) is 280 Å². The maximum Gasteiger partial charge on any atom is 0.494 e. The summed E-state index contributed by atoms with van der Waals surface area (Å²) in [6.45, 7) is 53.5. The number of hydrogen-bond acceptors (Lipinski definition) is 8. The van der Waals surface area contributed by atoms with E-state index in [1.54, 1.807) is 20.4 Å². The molecule has 0 saturated carbocycles. The van der Waals surface area contributed by atoms with Crippen molar-refractivity contribution in [2.45, 2.75) is 210 Å². The molecule has 0 atom stereocenters. The van der Waals surface area contributed by atoms with Crippen molar-refractivity contribution < 1.29 is 18.8 Å². The SMILES string of the molecule is COc1ccccc1-c1cc(-c2cc(C(C)(C)C)cc(C(C)(C)C)c2)cc(-c2cccc(-c3cc(-c4ccc(C(C)(C)C)cc4C)ccn3)c2)n1.COc1ccccc1-c1cc(-c2cc(C(C)(C)C)cc(C(C)(C)C)c2)cc(-c2cccc(B3OC(C)(C)C(C)(C)O3)c2)n1.Cc1cc(C(C)(C)C)ccc1-c1ccnc(Cl)c1. The Kier molecular flexibility index (Phi) is 24.0. The molecule has 4 aromatic heterocycles. The van der Waals surface area contributed by atoms with Crippen molar-refractivity contribution in [2.24, 2.45) is 0 Å². The van der Waals surface area contributed by atoms with E-state index in [0.717, 1.165) is 95.5 Å². The lowest BCUT2D eigenvalue weighted by atomic mass is 9.78. The summed E-state index contributed by atoms with van der Waals surface area (Å²) in [7, 11) is 2.98. The van der Waals surface area contributed by atoms with Gasteiger partial charge in [-0.2, -0.15) is 0 Å². The lowest BCUT2D eigenvalue weighted by Gasteiger charge is -2.32. The number of aryl methyl sites for hydroxylation is 2. The van der Waals surface area contributed by atoms with Crippen molar-refractivity contribution in [1.82, 2.24) is 19.9 Å². The van der Waals surface area contributed by atoms with E-state index >= 15 is 0 Å². The number of para-hydroxylation sites is 2. The van der Waals surface area contributed by atoms with Crippen LogP contribution in [-0.4, -0.2) is 52.5 Å². The lowest BCUT2D eigenvalue weighted by molar-refractivity contribution is 0.00578. The van der Waals surface area contributed by atoms with Gasteiger partial charge in [-0.25, -0.2) is 15.0 Å². The Morgan fingerprint density at radius 1 is 0.304 bits per heavy atom. The molecule has 0 radical (unpaired) electrons. The second-order valence-electron chi connectivity index (χ2n) is 37.4. The average Bonchev–Trinajstić information content (AvgIpc) is 1.49. The van der Waals surface area contributed by atoms with Crippen molar-refractivity contribution in [3.8, 4) is 112 Å². The molecule has 578 valence electrons. The molecule has 0 aliphatic carbocycles. The first kappa shape index (κ1) is 83.2. The number of benzene rings is 8. The number of hydrogen-bond donors (Lipinski definition) is 0. The van der Waals surface area contributed by atoms with Crippen LogP contribution < -0.4 is 14.9 Å².